The van der Waals surface area contributed by atoms with E-state index in [1.54, 1.807) is 6.07 Å². The SMILES string of the molecule is Cc1cc(C)cc(Oc2cccc(F)c2/C=C/C(=O)O)c1. The molecule has 0 aliphatic carbocycles. The highest BCUT2D eigenvalue weighted by molar-refractivity contribution is 5.86. The van der Waals surface area contributed by atoms with Crippen LogP contribution in [0.25, 0.3) is 6.08 Å². The van der Waals surface area contributed by atoms with Crippen LogP contribution < -0.4 is 4.74 Å². The predicted octanol–water partition coefficient (Wildman–Crippen LogP) is 4.33. The Labute approximate surface area is 122 Å². The Kier molecular flexibility index (Phi) is 4.38. The van der Waals surface area contributed by atoms with Gasteiger partial charge in [-0.15, -0.1) is 0 Å². The van der Waals surface area contributed by atoms with Gasteiger partial charge in [0.15, 0.2) is 0 Å². The largest absolute Gasteiger partial charge is 0.478 e. The first kappa shape index (κ1) is 14.8. The topological polar surface area (TPSA) is 46.5 Å². The van der Waals surface area contributed by atoms with Crippen LogP contribution in [0.1, 0.15) is 16.7 Å². The molecule has 2 aromatic rings. The molecule has 0 aliphatic rings. The molecular formula is C17H15FO3. The maximum Gasteiger partial charge on any atom is 0.328 e. The average Bonchev–Trinajstić information content (AvgIpc) is 2.36. The van der Waals surface area contributed by atoms with Crippen molar-refractivity contribution in [2.24, 2.45) is 0 Å². The van der Waals surface area contributed by atoms with E-state index >= 15 is 0 Å². The molecule has 1 N–H and O–H groups in total. The third kappa shape index (κ3) is 3.92. The molecule has 0 fully saturated rings. The highest BCUT2D eigenvalue weighted by atomic mass is 19.1. The van der Waals surface area contributed by atoms with Crippen LogP contribution in [0.15, 0.2) is 42.5 Å². The van der Waals surface area contributed by atoms with E-state index in [0.717, 1.165) is 17.2 Å². The summed E-state index contributed by atoms with van der Waals surface area (Å²) in [6, 6.07) is 10.1. The summed E-state index contributed by atoms with van der Waals surface area (Å²) >= 11 is 0. The molecule has 21 heavy (non-hydrogen) atoms. The van der Waals surface area contributed by atoms with E-state index in [1.807, 2.05) is 32.0 Å². The molecule has 0 atom stereocenters. The van der Waals surface area contributed by atoms with Crippen molar-refractivity contribution in [1.82, 2.24) is 0 Å². The highest BCUT2D eigenvalue weighted by Gasteiger charge is 2.09. The Bertz CT molecular complexity index is 685. The number of aliphatic carboxylic acids is 1. The number of hydrogen-bond acceptors (Lipinski definition) is 2. The molecule has 0 unspecified atom stereocenters. The lowest BCUT2D eigenvalue weighted by atomic mass is 10.1. The summed E-state index contributed by atoms with van der Waals surface area (Å²) in [5, 5.41) is 8.67. The van der Waals surface area contributed by atoms with E-state index in [-0.39, 0.29) is 11.3 Å². The highest BCUT2D eigenvalue weighted by Crippen LogP contribution is 2.29. The molecule has 3 nitrogen and oxygen atoms in total. The summed E-state index contributed by atoms with van der Waals surface area (Å²) in [5.41, 5.74) is 2.17. The molecule has 4 heteroatoms. The van der Waals surface area contributed by atoms with Gasteiger partial charge in [0.2, 0.25) is 0 Å². The number of rotatable bonds is 4. The van der Waals surface area contributed by atoms with Crippen LogP contribution in [0.3, 0.4) is 0 Å². The first-order valence-electron chi connectivity index (χ1n) is 6.41. The molecule has 2 aromatic carbocycles. The second-order valence-corrected chi connectivity index (χ2v) is 4.75. The standard InChI is InChI=1S/C17H15FO3/c1-11-8-12(2)10-13(9-11)21-16-5-3-4-15(18)14(16)6-7-17(19)20/h3-10H,1-2H3,(H,19,20)/b7-6+. The number of halogens is 1. The smallest absolute Gasteiger partial charge is 0.328 e. The fraction of sp³-hybridized carbons (Fsp3) is 0.118. The van der Waals surface area contributed by atoms with E-state index in [0.29, 0.717) is 5.75 Å². The molecular weight excluding hydrogens is 271 g/mol. The van der Waals surface area contributed by atoms with Crippen LogP contribution in [0.2, 0.25) is 0 Å². The first-order valence-corrected chi connectivity index (χ1v) is 6.41. The van der Waals surface area contributed by atoms with Crippen molar-refractivity contribution in [2.75, 3.05) is 0 Å². The summed E-state index contributed by atoms with van der Waals surface area (Å²) in [7, 11) is 0. The Morgan fingerprint density at radius 3 is 2.48 bits per heavy atom. The van der Waals surface area contributed by atoms with Gasteiger partial charge >= 0.3 is 5.97 Å². The molecule has 0 aliphatic heterocycles. The van der Waals surface area contributed by atoms with Gasteiger partial charge in [0.25, 0.3) is 0 Å². The average molecular weight is 286 g/mol. The zero-order valence-corrected chi connectivity index (χ0v) is 11.8. The Morgan fingerprint density at radius 2 is 1.86 bits per heavy atom. The van der Waals surface area contributed by atoms with Crippen LogP contribution in [-0.4, -0.2) is 11.1 Å². The number of carboxylic acid groups (broad SMARTS) is 1. The molecule has 2 rings (SSSR count). The lowest BCUT2D eigenvalue weighted by Crippen LogP contribution is -1.93. The van der Waals surface area contributed by atoms with Crippen molar-refractivity contribution >= 4 is 12.0 Å². The molecule has 0 bridgehead atoms. The van der Waals surface area contributed by atoms with Gasteiger partial charge in [-0.1, -0.05) is 12.1 Å². The number of benzene rings is 2. The third-order valence-electron chi connectivity index (χ3n) is 2.83. The Balaban J connectivity index is 2.39. The maximum absolute atomic E-state index is 13.8. The minimum Gasteiger partial charge on any atom is -0.478 e. The van der Waals surface area contributed by atoms with Crippen molar-refractivity contribution in [2.45, 2.75) is 13.8 Å². The second kappa shape index (κ2) is 6.22. The zero-order valence-electron chi connectivity index (χ0n) is 11.8. The van der Waals surface area contributed by atoms with Gasteiger partial charge in [0.05, 0.1) is 5.56 Å². The van der Waals surface area contributed by atoms with Crippen LogP contribution in [0.5, 0.6) is 11.5 Å². The maximum atomic E-state index is 13.8. The lowest BCUT2D eigenvalue weighted by molar-refractivity contribution is -0.131. The minimum absolute atomic E-state index is 0.110. The summed E-state index contributed by atoms with van der Waals surface area (Å²) in [4.78, 5) is 10.6. The fourth-order valence-electron chi connectivity index (χ4n) is 2.04. The van der Waals surface area contributed by atoms with Crippen molar-refractivity contribution < 1.29 is 19.0 Å². The minimum atomic E-state index is -1.14. The summed E-state index contributed by atoms with van der Waals surface area (Å²) in [5.74, 6) is -0.814. The summed E-state index contributed by atoms with van der Waals surface area (Å²) < 4.78 is 19.5. The zero-order chi connectivity index (χ0) is 15.4. The quantitative estimate of drug-likeness (QED) is 0.851. The third-order valence-corrected chi connectivity index (χ3v) is 2.83. The van der Waals surface area contributed by atoms with Crippen LogP contribution >= 0.6 is 0 Å². The van der Waals surface area contributed by atoms with Crippen LogP contribution in [0, 0.1) is 19.7 Å². The number of hydrogen-bond donors (Lipinski definition) is 1. The van der Waals surface area contributed by atoms with Gasteiger partial charge in [-0.05, 0) is 55.3 Å². The van der Waals surface area contributed by atoms with E-state index in [1.165, 1.54) is 18.2 Å². The van der Waals surface area contributed by atoms with Crippen LogP contribution in [0.4, 0.5) is 4.39 Å². The van der Waals surface area contributed by atoms with Gasteiger partial charge in [-0.25, -0.2) is 9.18 Å². The van der Waals surface area contributed by atoms with Gasteiger partial charge in [-0.2, -0.15) is 0 Å². The molecule has 0 spiro atoms. The van der Waals surface area contributed by atoms with Crippen molar-refractivity contribution in [3.8, 4) is 11.5 Å². The molecule has 0 radical (unpaired) electrons. The lowest BCUT2D eigenvalue weighted by Gasteiger charge is -2.11. The Hall–Kier alpha value is -2.62. The fourth-order valence-corrected chi connectivity index (χ4v) is 2.04. The molecule has 0 amide bonds. The molecule has 0 saturated carbocycles. The van der Waals surface area contributed by atoms with Gasteiger partial charge in [0, 0.05) is 6.08 Å². The number of ether oxygens (including phenoxy) is 1. The van der Waals surface area contributed by atoms with Gasteiger partial charge < -0.3 is 9.84 Å². The molecule has 0 aromatic heterocycles. The second-order valence-electron chi connectivity index (χ2n) is 4.75. The van der Waals surface area contributed by atoms with Crippen molar-refractivity contribution in [3.05, 3.63) is 65.0 Å². The number of aryl methyl sites for hydroxylation is 2. The monoisotopic (exact) mass is 286 g/mol. The van der Waals surface area contributed by atoms with E-state index in [4.69, 9.17) is 9.84 Å². The summed E-state index contributed by atoms with van der Waals surface area (Å²) in [6.07, 6.45) is 2.07. The van der Waals surface area contributed by atoms with Gasteiger partial charge in [0.1, 0.15) is 17.3 Å². The Morgan fingerprint density at radius 1 is 1.19 bits per heavy atom. The molecule has 108 valence electrons. The predicted molar refractivity (Wildman–Crippen MR) is 79.1 cm³/mol. The van der Waals surface area contributed by atoms with E-state index < -0.39 is 11.8 Å². The normalized spacial score (nSPS) is 10.8. The summed E-state index contributed by atoms with van der Waals surface area (Å²) in [6.45, 7) is 3.88. The number of carboxylic acids is 1. The van der Waals surface area contributed by atoms with Crippen molar-refractivity contribution in [3.63, 3.8) is 0 Å². The van der Waals surface area contributed by atoms with E-state index in [2.05, 4.69) is 0 Å². The van der Waals surface area contributed by atoms with E-state index in [9.17, 15) is 9.18 Å². The molecule has 0 saturated heterocycles. The van der Waals surface area contributed by atoms with Crippen molar-refractivity contribution in [1.29, 1.82) is 0 Å². The first-order chi connectivity index (χ1) is 9.95. The molecule has 0 heterocycles. The number of carbonyl (C=O) groups is 1. The van der Waals surface area contributed by atoms with Gasteiger partial charge in [-0.3, -0.25) is 0 Å². The van der Waals surface area contributed by atoms with Crippen LogP contribution in [-0.2, 0) is 4.79 Å².